The summed E-state index contributed by atoms with van der Waals surface area (Å²) in [6.45, 7) is 0.672. The van der Waals surface area contributed by atoms with Crippen LogP contribution in [0.2, 0.25) is 0 Å². The topological polar surface area (TPSA) is 48.1 Å². The first kappa shape index (κ1) is 16.2. The molecule has 1 fully saturated rings. The Kier molecular flexibility index (Phi) is 4.77. The van der Waals surface area contributed by atoms with E-state index in [-0.39, 0.29) is 0 Å². The van der Waals surface area contributed by atoms with Crippen LogP contribution >= 0.6 is 0 Å². The van der Waals surface area contributed by atoms with Crippen molar-refractivity contribution in [2.45, 2.75) is 44.4 Å². The van der Waals surface area contributed by atoms with Crippen molar-refractivity contribution in [3.63, 3.8) is 0 Å². The highest BCUT2D eigenvalue weighted by atomic mass is 16.5. The molecule has 1 aliphatic carbocycles. The molecule has 3 heteroatoms. The molecule has 0 aliphatic heterocycles. The molecule has 4 rings (SSSR count). The molecule has 1 saturated carbocycles. The van der Waals surface area contributed by atoms with Crippen LogP contribution in [-0.2, 0) is 11.3 Å². The van der Waals surface area contributed by atoms with Crippen molar-refractivity contribution in [2.24, 2.45) is 5.73 Å². The molecule has 0 unspecified atom stereocenters. The lowest BCUT2D eigenvalue weighted by Crippen LogP contribution is -2.30. The molecular formula is C22H24N2O. The molecule has 0 amide bonds. The van der Waals surface area contributed by atoms with E-state index in [4.69, 9.17) is 15.5 Å². The van der Waals surface area contributed by atoms with Gasteiger partial charge in [0.25, 0.3) is 0 Å². The van der Waals surface area contributed by atoms with E-state index in [1.807, 2.05) is 12.1 Å². The van der Waals surface area contributed by atoms with E-state index in [1.165, 1.54) is 10.9 Å². The SMILES string of the molecule is NC1CCC(OCc2ccc(-c3ccc4ccccc4n3)cc2)CC1. The van der Waals surface area contributed by atoms with Gasteiger partial charge in [0.15, 0.2) is 0 Å². The zero-order valence-electron chi connectivity index (χ0n) is 14.4. The molecule has 1 heterocycles. The minimum absolute atomic E-state index is 0.363. The first-order chi connectivity index (χ1) is 12.3. The van der Waals surface area contributed by atoms with E-state index in [2.05, 4.69) is 48.5 Å². The van der Waals surface area contributed by atoms with E-state index < -0.39 is 0 Å². The van der Waals surface area contributed by atoms with Crippen molar-refractivity contribution >= 4 is 10.9 Å². The minimum Gasteiger partial charge on any atom is -0.374 e. The number of para-hydroxylation sites is 1. The Morgan fingerprint density at radius 1 is 0.880 bits per heavy atom. The van der Waals surface area contributed by atoms with E-state index in [0.29, 0.717) is 18.8 Å². The van der Waals surface area contributed by atoms with Crippen molar-refractivity contribution in [3.8, 4) is 11.3 Å². The van der Waals surface area contributed by atoms with Gasteiger partial charge in [0.05, 0.1) is 23.9 Å². The molecule has 0 spiro atoms. The molecular weight excluding hydrogens is 308 g/mol. The Bertz CT molecular complexity index is 836. The number of ether oxygens (including phenoxy) is 1. The van der Waals surface area contributed by atoms with Gasteiger partial charge in [-0.3, -0.25) is 0 Å². The second-order valence-corrected chi connectivity index (χ2v) is 6.93. The van der Waals surface area contributed by atoms with Crippen LogP contribution in [0, 0.1) is 0 Å². The van der Waals surface area contributed by atoms with Crippen LogP contribution in [0.3, 0.4) is 0 Å². The van der Waals surface area contributed by atoms with Crippen LogP contribution < -0.4 is 5.73 Å². The first-order valence-electron chi connectivity index (χ1n) is 9.10. The maximum atomic E-state index is 6.05. The molecule has 0 atom stereocenters. The van der Waals surface area contributed by atoms with Crippen molar-refractivity contribution in [2.75, 3.05) is 0 Å². The average molecular weight is 332 g/mol. The Balaban J connectivity index is 1.42. The highest BCUT2D eigenvalue weighted by molar-refractivity contribution is 5.81. The summed E-state index contributed by atoms with van der Waals surface area (Å²) in [4.78, 5) is 4.76. The van der Waals surface area contributed by atoms with Crippen LogP contribution in [0.25, 0.3) is 22.2 Å². The Morgan fingerprint density at radius 2 is 1.64 bits per heavy atom. The first-order valence-corrected chi connectivity index (χ1v) is 9.10. The molecule has 3 aromatic rings. The summed E-state index contributed by atoms with van der Waals surface area (Å²) in [7, 11) is 0. The van der Waals surface area contributed by atoms with Gasteiger partial charge in [-0.2, -0.15) is 0 Å². The van der Waals surface area contributed by atoms with Gasteiger partial charge in [-0.1, -0.05) is 48.5 Å². The van der Waals surface area contributed by atoms with Crippen molar-refractivity contribution in [1.82, 2.24) is 4.98 Å². The molecule has 0 bridgehead atoms. The van der Waals surface area contributed by atoms with Gasteiger partial charge in [0.1, 0.15) is 0 Å². The molecule has 25 heavy (non-hydrogen) atoms. The summed E-state index contributed by atoms with van der Waals surface area (Å²) in [5.41, 5.74) is 10.3. The van der Waals surface area contributed by atoms with Gasteiger partial charge in [-0.25, -0.2) is 4.98 Å². The zero-order chi connectivity index (χ0) is 17.1. The number of nitrogens with two attached hydrogens (primary N) is 1. The normalized spacial score (nSPS) is 20.7. The number of hydrogen-bond donors (Lipinski definition) is 1. The number of benzene rings is 2. The minimum atomic E-state index is 0.363. The fraction of sp³-hybridized carbons (Fsp3) is 0.318. The summed E-state index contributed by atoms with van der Waals surface area (Å²) in [5.74, 6) is 0. The highest BCUT2D eigenvalue weighted by Crippen LogP contribution is 2.23. The maximum absolute atomic E-state index is 6.05. The fourth-order valence-electron chi connectivity index (χ4n) is 3.47. The van der Waals surface area contributed by atoms with Gasteiger partial charge >= 0.3 is 0 Å². The lowest BCUT2D eigenvalue weighted by atomic mass is 9.94. The number of fused-ring (bicyclic) bond motifs is 1. The van der Waals surface area contributed by atoms with Crippen LogP contribution in [0.15, 0.2) is 60.7 Å². The van der Waals surface area contributed by atoms with Gasteiger partial charge < -0.3 is 10.5 Å². The van der Waals surface area contributed by atoms with Crippen LogP contribution in [0.1, 0.15) is 31.2 Å². The summed E-state index contributed by atoms with van der Waals surface area (Å²) in [5, 5.41) is 1.17. The van der Waals surface area contributed by atoms with Gasteiger partial charge in [-0.15, -0.1) is 0 Å². The third-order valence-electron chi connectivity index (χ3n) is 5.05. The molecule has 3 nitrogen and oxygen atoms in total. The highest BCUT2D eigenvalue weighted by Gasteiger charge is 2.18. The molecule has 2 N–H and O–H groups in total. The van der Waals surface area contributed by atoms with Gasteiger partial charge in [0.2, 0.25) is 0 Å². The Hall–Kier alpha value is -2.23. The fourth-order valence-corrected chi connectivity index (χ4v) is 3.47. The van der Waals surface area contributed by atoms with E-state index >= 15 is 0 Å². The average Bonchev–Trinajstić information content (AvgIpc) is 2.68. The molecule has 128 valence electrons. The summed E-state index contributed by atoms with van der Waals surface area (Å²) in [6.07, 6.45) is 4.69. The smallest absolute Gasteiger partial charge is 0.0720 e. The summed E-state index contributed by atoms with van der Waals surface area (Å²) in [6, 6.07) is 21.3. The molecule has 1 aliphatic rings. The Morgan fingerprint density at radius 3 is 2.44 bits per heavy atom. The van der Waals surface area contributed by atoms with Gasteiger partial charge in [0, 0.05) is 17.0 Å². The molecule has 2 aromatic carbocycles. The maximum Gasteiger partial charge on any atom is 0.0720 e. The van der Waals surface area contributed by atoms with E-state index in [1.54, 1.807) is 0 Å². The Labute approximate surface area is 148 Å². The van der Waals surface area contributed by atoms with Crippen LogP contribution in [0.5, 0.6) is 0 Å². The van der Waals surface area contributed by atoms with Crippen LogP contribution in [0.4, 0.5) is 0 Å². The third-order valence-corrected chi connectivity index (χ3v) is 5.05. The second kappa shape index (κ2) is 7.34. The largest absolute Gasteiger partial charge is 0.374 e. The third kappa shape index (κ3) is 3.89. The molecule has 0 saturated heterocycles. The predicted octanol–water partition coefficient (Wildman–Crippen LogP) is 4.69. The number of nitrogens with zero attached hydrogens (tertiary/aromatic N) is 1. The number of hydrogen-bond acceptors (Lipinski definition) is 3. The van der Waals surface area contributed by atoms with E-state index in [0.717, 1.165) is 42.5 Å². The predicted molar refractivity (Wildman–Crippen MR) is 102 cm³/mol. The second-order valence-electron chi connectivity index (χ2n) is 6.93. The summed E-state index contributed by atoms with van der Waals surface area (Å²) >= 11 is 0. The lowest BCUT2D eigenvalue weighted by Gasteiger charge is -2.26. The molecule has 1 aromatic heterocycles. The molecule has 0 radical (unpaired) electrons. The van der Waals surface area contributed by atoms with Crippen molar-refractivity contribution < 1.29 is 4.74 Å². The van der Waals surface area contributed by atoms with Crippen molar-refractivity contribution in [1.29, 1.82) is 0 Å². The zero-order valence-corrected chi connectivity index (χ0v) is 14.4. The van der Waals surface area contributed by atoms with E-state index in [9.17, 15) is 0 Å². The number of rotatable bonds is 4. The number of pyridine rings is 1. The monoisotopic (exact) mass is 332 g/mol. The quantitative estimate of drug-likeness (QED) is 0.754. The number of aromatic nitrogens is 1. The standard InChI is InChI=1S/C22H24N2O/c23-19-10-12-20(13-11-19)25-15-16-5-7-18(8-6-16)22-14-9-17-3-1-2-4-21(17)24-22/h1-9,14,19-20H,10-13,15,23H2. The van der Waals surface area contributed by atoms with Gasteiger partial charge in [-0.05, 0) is 43.4 Å². The van der Waals surface area contributed by atoms with Crippen LogP contribution in [-0.4, -0.2) is 17.1 Å². The van der Waals surface area contributed by atoms with Crippen molar-refractivity contribution in [3.05, 3.63) is 66.2 Å². The lowest BCUT2D eigenvalue weighted by molar-refractivity contribution is 0.0138. The summed E-state index contributed by atoms with van der Waals surface area (Å²) < 4.78 is 6.05.